The Bertz CT molecular complexity index is 843. The van der Waals surface area contributed by atoms with Gasteiger partial charge < -0.3 is 5.32 Å². The maximum Gasteiger partial charge on any atom is 0.434 e. The van der Waals surface area contributed by atoms with Gasteiger partial charge in [0.25, 0.3) is 5.91 Å². The summed E-state index contributed by atoms with van der Waals surface area (Å²) < 4.78 is 41.2. The molecule has 0 aliphatic rings. The molecule has 1 N–H and O–H groups in total. The Morgan fingerprint density at radius 1 is 0.958 bits per heavy atom. The summed E-state index contributed by atoms with van der Waals surface area (Å²) in [6.07, 6.45) is -3.80. The van der Waals surface area contributed by atoms with Crippen LogP contribution in [0, 0.1) is 0 Å². The fourth-order valence-electron chi connectivity index (χ4n) is 2.27. The second kappa shape index (κ2) is 6.19. The van der Waals surface area contributed by atoms with Gasteiger partial charge >= 0.3 is 6.18 Å². The zero-order chi connectivity index (χ0) is 17.2. The molecule has 7 heteroatoms. The van der Waals surface area contributed by atoms with Gasteiger partial charge in [0.2, 0.25) is 0 Å². The molecule has 0 spiro atoms. The molecule has 1 heterocycles. The molecule has 0 bridgehead atoms. The lowest BCUT2D eigenvalue weighted by molar-refractivity contribution is -0.143. The first-order chi connectivity index (χ1) is 11.5. The molecule has 122 valence electrons. The van der Waals surface area contributed by atoms with Crippen LogP contribution in [0.3, 0.4) is 0 Å². The van der Waals surface area contributed by atoms with E-state index in [4.69, 9.17) is 0 Å². The first-order valence-electron chi connectivity index (χ1n) is 7.04. The fourth-order valence-corrected chi connectivity index (χ4v) is 2.27. The summed E-state index contributed by atoms with van der Waals surface area (Å²) in [4.78, 5) is 12.3. The van der Waals surface area contributed by atoms with Gasteiger partial charge in [-0.25, -0.2) is 4.68 Å². The minimum atomic E-state index is -4.73. The Hall–Kier alpha value is -3.09. The molecule has 1 aromatic heterocycles. The van der Waals surface area contributed by atoms with E-state index in [1.165, 1.54) is 12.1 Å². The first-order valence-corrected chi connectivity index (χ1v) is 7.04. The lowest BCUT2D eigenvalue weighted by Gasteiger charge is -2.12. The largest absolute Gasteiger partial charge is 0.434 e. The Labute approximate surface area is 135 Å². The van der Waals surface area contributed by atoms with Crippen LogP contribution < -0.4 is 5.32 Å². The molecule has 3 aromatic rings. The number of benzene rings is 2. The van der Waals surface area contributed by atoms with E-state index in [0.717, 1.165) is 10.9 Å². The van der Waals surface area contributed by atoms with Gasteiger partial charge in [0.1, 0.15) is 0 Å². The van der Waals surface area contributed by atoms with Crippen molar-refractivity contribution in [3.05, 3.63) is 78.1 Å². The van der Waals surface area contributed by atoms with Crippen LogP contribution in [0.1, 0.15) is 16.1 Å². The number of nitrogens with one attached hydrogen (secondary N) is 1. The summed E-state index contributed by atoms with van der Waals surface area (Å²) in [6.45, 7) is 0. The van der Waals surface area contributed by atoms with E-state index in [-0.39, 0.29) is 5.69 Å². The Morgan fingerprint density at radius 3 is 2.12 bits per heavy atom. The van der Waals surface area contributed by atoms with E-state index in [9.17, 15) is 18.0 Å². The summed E-state index contributed by atoms with van der Waals surface area (Å²) in [5, 5.41) is 6.19. The summed E-state index contributed by atoms with van der Waals surface area (Å²) in [6, 6.07) is 16.1. The molecule has 0 saturated carbocycles. The van der Waals surface area contributed by atoms with Crippen LogP contribution in [-0.4, -0.2) is 15.7 Å². The molecule has 0 saturated heterocycles. The lowest BCUT2D eigenvalue weighted by Crippen LogP contribution is -2.20. The normalized spacial score (nSPS) is 11.3. The number of anilines is 1. The maximum absolute atomic E-state index is 13.5. The number of nitrogens with zero attached hydrogens (tertiary/aromatic N) is 2. The molecule has 0 radical (unpaired) electrons. The highest BCUT2D eigenvalue weighted by Crippen LogP contribution is 2.33. The maximum atomic E-state index is 13.5. The monoisotopic (exact) mass is 331 g/mol. The van der Waals surface area contributed by atoms with E-state index >= 15 is 0 Å². The third-order valence-corrected chi connectivity index (χ3v) is 3.31. The van der Waals surface area contributed by atoms with Gasteiger partial charge in [0.05, 0.1) is 17.4 Å². The highest BCUT2D eigenvalue weighted by atomic mass is 19.4. The zero-order valence-corrected chi connectivity index (χ0v) is 12.3. The minimum absolute atomic E-state index is 0.226. The summed E-state index contributed by atoms with van der Waals surface area (Å²) >= 11 is 0. The fraction of sp³-hybridized carbons (Fsp3) is 0.0588. The molecule has 0 atom stereocenters. The average Bonchev–Trinajstić information content (AvgIpc) is 3.02. The number of alkyl halides is 3. The van der Waals surface area contributed by atoms with Crippen molar-refractivity contribution in [3.63, 3.8) is 0 Å². The van der Waals surface area contributed by atoms with Gasteiger partial charge in [-0.2, -0.15) is 18.3 Å². The van der Waals surface area contributed by atoms with Gasteiger partial charge in [-0.1, -0.05) is 36.4 Å². The molecule has 0 aliphatic heterocycles. The van der Waals surface area contributed by atoms with Crippen molar-refractivity contribution in [1.82, 2.24) is 9.78 Å². The van der Waals surface area contributed by atoms with Crippen LogP contribution in [0.25, 0.3) is 5.69 Å². The third-order valence-electron chi connectivity index (χ3n) is 3.31. The second-order valence-electron chi connectivity index (χ2n) is 4.97. The van der Waals surface area contributed by atoms with E-state index in [1.54, 1.807) is 48.5 Å². The molecule has 24 heavy (non-hydrogen) atoms. The second-order valence-corrected chi connectivity index (χ2v) is 4.97. The van der Waals surface area contributed by atoms with Gasteiger partial charge in [0, 0.05) is 5.69 Å². The van der Waals surface area contributed by atoms with E-state index in [1.807, 2.05) is 0 Å². The van der Waals surface area contributed by atoms with Crippen molar-refractivity contribution in [2.75, 3.05) is 5.32 Å². The van der Waals surface area contributed by atoms with Gasteiger partial charge in [-0.3, -0.25) is 4.79 Å². The minimum Gasteiger partial charge on any atom is -0.322 e. The van der Waals surface area contributed by atoms with Gasteiger partial charge in [0.15, 0.2) is 5.69 Å². The van der Waals surface area contributed by atoms with Crippen LogP contribution in [0.15, 0.2) is 66.9 Å². The number of para-hydroxylation sites is 2. The highest BCUT2D eigenvalue weighted by molar-refractivity contribution is 6.05. The average molecular weight is 331 g/mol. The standard InChI is InChI=1S/C17H12F3N3O/c18-17(19,20)15-14(16(24)22-12-7-3-1-4-8-12)11-21-23(15)13-9-5-2-6-10-13/h1-11H,(H,22,24). The molecule has 3 rings (SSSR count). The van der Waals surface area contributed by atoms with Gasteiger partial charge in [-0.15, -0.1) is 0 Å². The molecule has 4 nitrogen and oxygen atoms in total. The number of halogens is 3. The molecule has 0 fully saturated rings. The van der Waals surface area contributed by atoms with Crippen LogP contribution in [0.2, 0.25) is 0 Å². The van der Waals surface area contributed by atoms with Crippen LogP contribution in [-0.2, 0) is 6.18 Å². The Kier molecular flexibility index (Phi) is 4.07. The number of hydrogen-bond donors (Lipinski definition) is 1. The van der Waals surface area contributed by atoms with Crippen LogP contribution in [0.5, 0.6) is 0 Å². The number of carbonyl (C=O) groups excluding carboxylic acids is 1. The Morgan fingerprint density at radius 2 is 1.54 bits per heavy atom. The summed E-state index contributed by atoms with van der Waals surface area (Å²) in [7, 11) is 0. The van der Waals surface area contributed by atoms with Gasteiger partial charge in [-0.05, 0) is 24.3 Å². The SMILES string of the molecule is O=C(Nc1ccccc1)c1cnn(-c2ccccc2)c1C(F)(F)F. The number of amides is 1. The van der Waals surface area contributed by atoms with Crippen LogP contribution in [0.4, 0.5) is 18.9 Å². The van der Waals surface area contributed by atoms with Crippen molar-refractivity contribution in [2.24, 2.45) is 0 Å². The predicted octanol–water partition coefficient (Wildman–Crippen LogP) is 4.14. The number of aromatic nitrogens is 2. The van der Waals surface area contributed by atoms with E-state index in [0.29, 0.717) is 5.69 Å². The van der Waals surface area contributed by atoms with Crippen molar-refractivity contribution in [1.29, 1.82) is 0 Å². The predicted molar refractivity (Wildman–Crippen MR) is 83.0 cm³/mol. The quantitative estimate of drug-likeness (QED) is 0.784. The molecule has 0 unspecified atom stereocenters. The smallest absolute Gasteiger partial charge is 0.322 e. The van der Waals surface area contributed by atoms with Crippen LogP contribution >= 0.6 is 0 Å². The molecular formula is C17H12F3N3O. The third kappa shape index (κ3) is 3.15. The summed E-state index contributed by atoms with van der Waals surface area (Å²) in [5.74, 6) is -0.865. The number of carbonyl (C=O) groups is 1. The number of rotatable bonds is 3. The van der Waals surface area contributed by atoms with Crippen molar-refractivity contribution >= 4 is 11.6 Å². The van der Waals surface area contributed by atoms with Crippen molar-refractivity contribution in [3.8, 4) is 5.69 Å². The Balaban J connectivity index is 2.03. The van der Waals surface area contributed by atoms with Crippen molar-refractivity contribution in [2.45, 2.75) is 6.18 Å². The molecule has 0 aliphatic carbocycles. The molecule has 1 amide bonds. The molecule has 2 aromatic carbocycles. The summed E-state index contributed by atoms with van der Waals surface area (Å²) in [5.41, 5.74) is -1.01. The van der Waals surface area contributed by atoms with E-state index in [2.05, 4.69) is 10.4 Å². The molecular weight excluding hydrogens is 319 g/mol. The number of hydrogen-bond acceptors (Lipinski definition) is 2. The topological polar surface area (TPSA) is 46.9 Å². The van der Waals surface area contributed by atoms with Crippen molar-refractivity contribution < 1.29 is 18.0 Å². The zero-order valence-electron chi connectivity index (χ0n) is 12.3. The van der Waals surface area contributed by atoms with E-state index < -0.39 is 23.3 Å². The highest BCUT2D eigenvalue weighted by Gasteiger charge is 2.40. The first kappa shape index (κ1) is 15.8. The lowest BCUT2D eigenvalue weighted by atomic mass is 10.2.